The Morgan fingerprint density at radius 2 is 1.58 bits per heavy atom. The Hall–Kier alpha value is -1.59. The maximum Gasteiger partial charge on any atom is 0.321 e. The van der Waals surface area contributed by atoms with Gasteiger partial charge < -0.3 is 10.4 Å². The monoisotopic (exact) mass is 379 g/mol. The summed E-state index contributed by atoms with van der Waals surface area (Å²) in [5.41, 5.74) is 1.02. The van der Waals surface area contributed by atoms with Crippen LogP contribution in [0.15, 0.2) is 67.3 Å². The van der Waals surface area contributed by atoms with Crippen LogP contribution in [0.4, 0.5) is 0 Å². The SMILES string of the molecule is C=CCN[C@@H](Cc1ccccc1)C(=O)O.Clc1ccccc1Cl.[Si]. The molecule has 0 heterocycles. The summed E-state index contributed by atoms with van der Waals surface area (Å²) < 4.78 is 0. The van der Waals surface area contributed by atoms with E-state index in [1.807, 2.05) is 42.5 Å². The fraction of sp³-hybridized carbons (Fsp3) is 0.167. The van der Waals surface area contributed by atoms with Crippen LogP contribution >= 0.6 is 23.2 Å². The van der Waals surface area contributed by atoms with Gasteiger partial charge in [-0.1, -0.05) is 71.7 Å². The quantitative estimate of drug-likeness (QED) is 0.587. The van der Waals surface area contributed by atoms with Crippen molar-refractivity contribution < 1.29 is 9.90 Å². The maximum absolute atomic E-state index is 10.9. The molecule has 0 fully saturated rings. The van der Waals surface area contributed by atoms with Crippen molar-refractivity contribution in [3.63, 3.8) is 0 Å². The van der Waals surface area contributed by atoms with Gasteiger partial charge in [-0.2, -0.15) is 0 Å². The molecule has 0 aliphatic carbocycles. The third-order valence-corrected chi connectivity index (χ3v) is 3.67. The van der Waals surface area contributed by atoms with Crippen LogP contribution in [0.3, 0.4) is 0 Å². The highest BCUT2D eigenvalue weighted by molar-refractivity contribution is 6.41. The van der Waals surface area contributed by atoms with Crippen molar-refractivity contribution in [1.82, 2.24) is 5.32 Å². The van der Waals surface area contributed by atoms with Gasteiger partial charge in [-0.25, -0.2) is 0 Å². The summed E-state index contributed by atoms with van der Waals surface area (Å²) in [6.45, 7) is 4.05. The molecule has 2 rings (SSSR count). The number of hydrogen-bond donors (Lipinski definition) is 2. The van der Waals surface area contributed by atoms with Gasteiger partial charge in [0.15, 0.2) is 0 Å². The van der Waals surface area contributed by atoms with Gasteiger partial charge in [-0.15, -0.1) is 6.58 Å². The number of nitrogens with one attached hydrogen (secondary N) is 1. The predicted molar refractivity (Wildman–Crippen MR) is 102 cm³/mol. The lowest BCUT2D eigenvalue weighted by Crippen LogP contribution is -2.38. The molecule has 24 heavy (non-hydrogen) atoms. The minimum Gasteiger partial charge on any atom is -0.480 e. The van der Waals surface area contributed by atoms with Crippen LogP contribution in [0, 0.1) is 0 Å². The molecule has 4 radical (unpaired) electrons. The van der Waals surface area contributed by atoms with E-state index in [1.165, 1.54) is 0 Å². The smallest absolute Gasteiger partial charge is 0.321 e. The van der Waals surface area contributed by atoms with Gasteiger partial charge in [0, 0.05) is 17.5 Å². The second-order valence-corrected chi connectivity index (χ2v) is 5.51. The van der Waals surface area contributed by atoms with Crippen LogP contribution in [-0.4, -0.2) is 34.6 Å². The first-order chi connectivity index (χ1) is 11.0. The minimum absolute atomic E-state index is 0. The van der Waals surface area contributed by atoms with E-state index in [1.54, 1.807) is 18.2 Å². The largest absolute Gasteiger partial charge is 0.480 e. The average Bonchev–Trinajstić information content (AvgIpc) is 2.55. The van der Waals surface area contributed by atoms with Crippen molar-refractivity contribution in [3.05, 3.63) is 82.9 Å². The van der Waals surface area contributed by atoms with E-state index in [2.05, 4.69) is 11.9 Å². The van der Waals surface area contributed by atoms with Crippen molar-refractivity contribution in [2.24, 2.45) is 0 Å². The number of hydrogen-bond acceptors (Lipinski definition) is 2. The van der Waals surface area contributed by atoms with E-state index in [0.717, 1.165) is 5.56 Å². The van der Waals surface area contributed by atoms with Crippen molar-refractivity contribution in [1.29, 1.82) is 0 Å². The standard InChI is InChI=1S/C12H15NO2.C6H4Cl2.Si/c1-2-8-13-11(12(14)15)9-10-6-4-3-5-7-10;7-5-3-1-2-4-6(5)8;/h2-7,11,13H,1,8-9H2,(H,14,15);1-4H;/t11-;;/m0../s1. The second kappa shape index (κ2) is 12.8. The molecule has 0 saturated carbocycles. The number of aliphatic carboxylic acids is 1. The van der Waals surface area contributed by atoms with Gasteiger partial charge in [0.1, 0.15) is 6.04 Å². The van der Waals surface area contributed by atoms with Gasteiger partial charge >= 0.3 is 5.97 Å². The fourth-order valence-electron chi connectivity index (χ4n) is 1.76. The number of carboxylic acids is 1. The van der Waals surface area contributed by atoms with Crippen molar-refractivity contribution in [2.75, 3.05) is 6.54 Å². The van der Waals surface area contributed by atoms with Crippen LogP contribution in [0.1, 0.15) is 5.56 Å². The van der Waals surface area contributed by atoms with E-state index in [0.29, 0.717) is 23.0 Å². The average molecular weight is 380 g/mol. The lowest BCUT2D eigenvalue weighted by atomic mass is 10.1. The Labute approximate surface area is 157 Å². The van der Waals surface area contributed by atoms with Gasteiger partial charge in [0.25, 0.3) is 0 Å². The van der Waals surface area contributed by atoms with Gasteiger partial charge in [0.05, 0.1) is 10.0 Å². The molecule has 126 valence electrons. The van der Waals surface area contributed by atoms with Gasteiger partial charge in [0.2, 0.25) is 0 Å². The zero-order valence-electron chi connectivity index (χ0n) is 13.1. The molecule has 3 nitrogen and oxygen atoms in total. The van der Waals surface area contributed by atoms with E-state index in [-0.39, 0.29) is 11.0 Å². The van der Waals surface area contributed by atoms with Crippen molar-refractivity contribution in [2.45, 2.75) is 12.5 Å². The molecule has 0 aliphatic rings. The molecule has 0 aliphatic heterocycles. The highest BCUT2D eigenvalue weighted by Crippen LogP contribution is 2.19. The molecule has 2 aromatic carbocycles. The summed E-state index contributed by atoms with van der Waals surface area (Å²) in [5, 5.41) is 13.1. The highest BCUT2D eigenvalue weighted by atomic mass is 35.5. The summed E-state index contributed by atoms with van der Waals surface area (Å²) in [5.74, 6) is -0.833. The zero-order chi connectivity index (χ0) is 17.1. The third kappa shape index (κ3) is 8.89. The lowest BCUT2D eigenvalue weighted by Gasteiger charge is -2.12. The molecule has 2 N–H and O–H groups in total. The molecule has 0 amide bonds. The van der Waals surface area contributed by atoms with Crippen LogP contribution < -0.4 is 5.32 Å². The van der Waals surface area contributed by atoms with E-state index >= 15 is 0 Å². The fourth-order valence-corrected chi connectivity index (χ4v) is 2.03. The maximum atomic E-state index is 10.9. The first-order valence-electron chi connectivity index (χ1n) is 7.05. The number of benzene rings is 2. The normalized spacial score (nSPS) is 10.6. The first-order valence-corrected chi connectivity index (χ1v) is 7.81. The molecule has 0 saturated heterocycles. The van der Waals surface area contributed by atoms with Crippen LogP contribution in [-0.2, 0) is 11.2 Å². The predicted octanol–water partition coefficient (Wildman–Crippen LogP) is 4.07. The van der Waals surface area contributed by atoms with Gasteiger partial charge in [-0.05, 0) is 24.1 Å². The van der Waals surface area contributed by atoms with Crippen LogP contribution in [0.5, 0.6) is 0 Å². The first kappa shape index (κ1) is 22.4. The Morgan fingerprint density at radius 3 is 2.00 bits per heavy atom. The van der Waals surface area contributed by atoms with E-state index in [4.69, 9.17) is 28.3 Å². The van der Waals surface area contributed by atoms with Crippen molar-refractivity contribution in [3.8, 4) is 0 Å². The zero-order valence-corrected chi connectivity index (χ0v) is 15.6. The van der Waals surface area contributed by atoms with E-state index < -0.39 is 12.0 Å². The molecular formula is C18H19Cl2NO2Si. The lowest BCUT2D eigenvalue weighted by molar-refractivity contribution is -0.139. The minimum atomic E-state index is -0.833. The topological polar surface area (TPSA) is 49.3 Å². The Kier molecular flexibility index (Phi) is 11.9. The summed E-state index contributed by atoms with van der Waals surface area (Å²) in [4.78, 5) is 10.9. The Morgan fingerprint density at radius 1 is 1.08 bits per heavy atom. The van der Waals surface area contributed by atoms with Crippen LogP contribution in [0.2, 0.25) is 10.0 Å². The molecule has 0 unspecified atom stereocenters. The summed E-state index contributed by atoms with van der Waals surface area (Å²) in [6.07, 6.45) is 2.14. The molecule has 1 atom stereocenters. The van der Waals surface area contributed by atoms with E-state index in [9.17, 15) is 4.79 Å². The summed E-state index contributed by atoms with van der Waals surface area (Å²) >= 11 is 11.2. The molecule has 0 aromatic heterocycles. The number of rotatable bonds is 6. The summed E-state index contributed by atoms with van der Waals surface area (Å²) in [6, 6.07) is 16.2. The van der Waals surface area contributed by atoms with Crippen molar-refractivity contribution >= 4 is 40.1 Å². The Bertz CT molecular complexity index is 602. The molecular weight excluding hydrogens is 361 g/mol. The molecule has 0 bridgehead atoms. The second-order valence-electron chi connectivity index (χ2n) is 4.69. The number of carboxylic acid groups (broad SMARTS) is 1. The third-order valence-electron chi connectivity index (χ3n) is 2.91. The Balaban J connectivity index is 0.000000498. The van der Waals surface area contributed by atoms with Crippen LogP contribution in [0.25, 0.3) is 0 Å². The number of halogens is 2. The highest BCUT2D eigenvalue weighted by Gasteiger charge is 2.15. The number of carbonyl (C=O) groups is 1. The van der Waals surface area contributed by atoms with Gasteiger partial charge in [-0.3, -0.25) is 4.79 Å². The molecule has 0 spiro atoms. The summed E-state index contributed by atoms with van der Waals surface area (Å²) in [7, 11) is 0. The molecule has 6 heteroatoms. The molecule has 2 aromatic rings.